The van der Waals surface area contributed by atoms with E-state index in [-0.39, 0.29) is 23.5 Å². The van der Waals surface area contributed by atoms with Crippen LogP contribution in [0.5, 0.6) is 0 Å². The summed E-state index contributed by atoms with van der Waals surface area (Å²) in [6, 6.07) is 3.98. The summed E-state index contributed by atoms with van der Waals surface area (Å²) in [6.45, 7) is 11.3. The average molecular weight is 532 g/mol. The van der Waals surface area contributed by atoms with Crippen molar-refractivity contribution in [3.8, 4) is 0 Å². The zero-order valence-corrected chi connectivity index (χ0v) is 24.3. The van der Waals surface area contributed by atoms with Gasteiger partial charge in [0.05, 0.1) is 29.7 Å². The van der Waals surface area contributed by atoms with E-state index in [1.165, 1.54) is 0 Å². The first-order chi connectivity index (χ1) is 17.3. The third-order valence-corrected chi connectivity index (χ3v) is 9.65. The molecule has 206 valence electrons. The Labute approximate surface area is 226 Å². The molecule has 0 aromatic carbocycles. The number of cyclic esters (lactones) is 1. The maximum absolute atomic E-state index is 13.3. The minimum atomic E-state index is -1.21. The second kappa shape index (κ2) is 12.0. The second-order valence-electron chi connectivity index (χ2n) is 12.2. The summed E-state index contributed by atoms with van der Waals surface area (Å²) < 4.78 is 5.98. The Balaban J connectivity index is 1.86. The Kier molecular flexibility index (Phi) is 9.68. The first-order valence-electron chi connectivity index (χ1n) is 13.6. The number of carbonyl (C=O) groups excluding carboxylic acids is 2. The number of ketones is 1. The molecule has 2 heterocycles. The summed E-state index contributed by atoms with van der Waals surface area (Å²) in [7, 11) is 0. The Morgan fingerprint density at radius 1 is 1.19 bits per heavy atom. The molecule has 1 aromatic heterocycles. The van der Waals surface area contributed by atoms with E-state index in [0.717, 1.165) is 48.3 Å². The Hall–Kier alpha value is -1.70. The quantitative estimate of drug-likeness (QED) is 0.382. The predicted molar refractivity (Wildman–Crippen MR) is 148 cm³/mol. The van der Waals surface area contributed by atoms with E-state index in [9.17, 15) is 19.8 Å². The molecule has 0 radical (unpaired) electrons. The molecule has 1 saturated carbocycles. The number of nitrogens with zero attached hydrogens (tertiary/aromatic N) is 1. The van der Waals surface area contributed by atoms with Gasteiger partial charge in [0.1, 0.15) is 11.9 Å². The molecule has 2 N–H and O–H groups in total. The number of thioether (sulfide) groups is 1. The highest BCUT2D eigenvalue weighted by Crippen LogP contribution is 2.58. The second-order valence-corrected chi connectivity index (χ2v) is 13.1. The van der Waals surface area contributed by atoms with E-state index >= 15 is 0 Å². The summed E-state index contributed by atoms with van der Waals surface area (Å²) in [5, 5.41) is 21.8. The molecule has 37 heavy (non-hydrogen) atoms. The van der Waals surface area contributed by atoms with Crippen molar-refractivity contribution < 1.29 is 24.5 Å². The zero-order chi connectivity index (χ0) is 27.5. The third kappa shape index (κ3) is 7.24. The van der Waals surface area contributed by atoms with E-state index in [1.54, 1.807) is 32.5 Å². The molecule has 0 amide bonds. The Bertz CT molecular complexity index is 990. The van der Waals surface area contributed by atoms with Crippen molar-refractivity contribution in [3.05, 3.63) is 29.6 Å². The molecule has 1 unspecified atom stereocenters. The van der Waals surface area contributed by atoms with Crippen LogP contribution in [0.3, 0.4) is 0 Å². The van der Waals surface area contributed by atoms with E-state index in [4.69, 9.17) is 4.74 Å². The van der Waals surface area contributed by atoms with Crippen molar-refractivity contribution in [1.82, 2.24) is 4.98 Å². The first-order valence-corrected chi connectivity index (χ1v) is 14.8. The van der Waals surface area contributed by atoms with Gasteiger partial charge in [-0.25, -0.2) is 0 Å². The number of hydrogen-bond donors (Lipinski definition) is 2. The molecule has 7 atom stereocenters. The molecular weight excluding hydrogens is 486 g/mol. The molecule has 3 rings (SSSR count). The highest BCUT2D eigenvalue weighted by atomic mass is 32.2. The number of carbonyl (C=O) groups is 2. The third-order valence-electron chi connectivity index (χ3n) is 8.93. The minimum absolute atomic E-state index is 0.0199. The van der Waals surface area contributed by atoms with Crippen molar-refractivity contribution in [2.75, 3.05) is 6.26 Å². The van der Waals surface area contributed by atoms with Crippen molar-refractivity contribution in [3.63, 3.8) is 0 Å². The zero-order valence-electron chi connectivity index (χ0n) is 23.5. The van der Waals surface area contributed by atoms with Crippen LogP contribution in [0.25, 0.3) is 6.08 Å². The van der Waals surface area contributed by atoms with Gasteiger partial charge < -0.3 is 14.9 Å². The molecule has 2 aliphatic rings. The number of hydrogen-bond acceptors (Lipinski definition) is 7. The van der Waals surface area contributed by atoms with Gasteiger partial charge in [0.25, 0.3) is 0 Å². The summed E-state index contributed by atoms with van der Waals surface area (Å²) >= 11 is 1.64. The van der Waals surface area contributed by atoms with E-state index in [2.05, 4.69) is 11.9 Å². The highest BCUT2D eigenvalue weighted by molar-refractivity contribution is 7.98. The maximum atomic E-state index is 13.3. The molecule has 1 aliphatic heterocycles. The van der Waals surface area contributed by atoms with Crippen LogP contribution in [0.4, 0.5) is 0 Å². The van der Waals surface area contributed by atoms with Gasteiger partial charge >= 0.3 is 5.97 Å². The average Bonchev–Trinajstić information content (AvgIpc) is 3.50. The fraction of sp³-hybridized carbons (Fsp3) is 0.700. The SMILES string of the molecule is CSc1ccc(/C=C(\C)[C@@H]2CC3C[C@]3(C)CCC[C@H](C)[C@H](O)[C@@H](C)C(=O)C(C)(C)[C@@H](O)CC(=O)O2)nc1. The topological polar surface area (TPSA) is 96.7 Å². The van der Waals surface area contributed by atoms with Crippen molar-refractivity contribution in [2.45, 2.75) is 103 Å². The summed E-state index contributed by atoms with van der Waals surface area (Å²) in [4.78, 5) is 31.9. The van der Waals surface area contributed by atoms with Crippen LogP contribution in [0.15, 0.2) is 28.8 Å². The van der Waals surface area contributed by atoms with Crippen LogP contribution < -0.4 is 0 Å². The maximum Gasteiger partial charge on any atom is 0.309 e. The minimum Gasteiger partial charge on any atom is -0.458 e. The summed E-state index contributed by atoms with van der Waals surface area (Å²) in [5.41, 5.74) is 0.733. The Morgan fingerprint density at radius 3 is 2.51 bits per heavy atom. The molecule has 1 saturated heterocycles. The smallest absolute Gasteiger partial charge is 0.309 e. The van der Waals surface area contributed by atoms with Gasteiger partial charge in [0.2, 0.25) is 0 Å². The van der Waals surface area contributed by atoms with E-state index in [0.29, 0.717) is 5.92 Å². The van der Waals surface area contributed by atoms with Crippen LogP contribution >= 0.6 is 11.8 Å². The normalized spacial score (nSPS) is 36.0. The molecule has 2 fully saturated rings. The molecule has 1 aromatic rings. The van der Waals surface area contributed by atoms with E-state index < -0.39 is 35.6 Å². The lowest BCUT2D eigenvalue weighted by atomic mass is 9.73. The van der Waals surface area contributed by atoms with Crippen molar-refractivity contribution >= 4 is 29.6 Å². The van der Waals surface area contributed by atoms with Gasteiger partial charge in [-0.2, -0.15) is 0 Å². The van der Waals surface area contributed by atoms with Crippen molar-refractivity contribution in [2.24, 2.45) is 28.6 Å². The standard InChI is InChI=1S/C30H45NO5S/c1-18-9-8-12-30(6)16-21(30)14-24(19(2)13-22-10-11-23(37-7)17-31-22)36-26(33)15-25(32)29(4,5)28(35)20(3)27(18)34/h10-11,13,17-18,20-21,24-25,27,32,34H,8-9,12,14-16H2,1-7H3/b19-13+/t18-,20+,21?,24-,25-,27-,30-/m0/s1. The van der Waals surface area contributed by atoms with Crippen molar-refractivity contribution in [1.29, 1.82) is 0 Å². The summed E-state index contributed by atoms with van der Waals surface area (Å²) in [5.74, 6) is -0.964. The van der Waals surface area contributed by atoms with Crippen LogP contribution in [0, 0.1) is 28.6 Å². The van der Waals surface area contributed by atoms with Crippen LogP contribution in [-0.4, -0.2) is 51.5 Å². The van der Waals surface area contributed by atoms with Gasteiger partial charge in [0, 0.05) is 17.0 Å². The van der Waals surface area contributed by atoms with Gasteiger partial charge in [-0.15, -0.1) is 11.8 Å². The molecule has 0 spiro atoms. The number of ether oxygens (including phenoxy) is 1. The Morgan fingerprint density at radius 2 is 1.89 bits per heavy atom. The fourth-order valence-corrected chi connectivity index (χ4v) is 6.07. The number of aliphatic hydroxyl groups excluding tert-OH is 2. The number of rotatable bonds is 3. The number of Topliss-reactive ketones (excluding diaryl/α,β-unsaturated/α-hetero) is 1. The van der Waals surface area contributed by atoms with Crippen LogP contribution in [-0.2, 0) is 14.3 Å². The molecule has 7 heteroatoms. The number of esters is 1. The number of aromatic nitrogens is 1. The van der Waals surface area contributed by atoms with Crippen LogP contribution in [0.2, 0.25) is 0 Å². The number of pyridine rings is 1. The van der Waals surface area contributed by atoms with Gasteiger partial charge in [0.15, 0.2) is 0 Å². The lowest BCUT2D eigenvalue weighted by Crippen LogP contribution is -2.45. The predicted octanol–water partition coefficient (Wildman–Crippen LogP) is 5.70. The number of aliphatic hydroxyl groups is 2. The lowest BCUT2D eigenvalue weighted by molar-refractivity contribution is -0.154. The van der Waals surface area contributed by atoms with E-state index in [1.807, 2.05) is 44.5 Å². The largest absolute Gasteiger partial charge is 0.458 e. The highest BCUT2D eigenvalue weighted by Gasteiger charge is 2.50. The van der Waals surface area contributed by atoms with Gasteiger partial charge in [-0.1, -0.05) is 41.0 Å². The molecule has 0 bridgehead atoms. The monoisotopic (exact) mass is 531 g/mol. The molecule has 1 aliphatic carbocycles. The van der Waals surface area contributed by atoms with Gasteiger partial charge in [-0.05, 0) is 79.9 Å². The van der Waals surface area contributed by atoms with Gasteiger partial charge in [-0.3, -0.25) is 14.6 Å². The lowest BCUT2D eigenvalue weighted by Gasteiger charge is -2.34. The molecular formula is C30H45NO5S. The fourth-order valence-electron chi connectivity index (χ4n) is 5.70. The van der Waals surface area contributed by atoms with Crippen LogP contribution in [0.1, 0.15) is 85.8 Å². The summed E-state index contributed by atoms with van der Waals surface area (Å²) in [6.07, 6.45) is 7.80. The number of fused-ring (bicyclic) bond motifs is 1. The molecule has 6 nitrogen and oxygen atoms in total. The first kappa shape index (κ1) is 29.9.